The molecule has 1 aliphatic carbocycles. The first kappa shape index (κ1) is 24.9. The Bertz CT molecular complexity index is 1240. The largest absolute Gasteiger partial charge is 0.493 e. The van der Waals surface area contributed by atoms with E-state index < -0.39 is 0 Å². The highest BCUT2D eigenvalue weighted by Crippen LogP contribution is 2.35. The quantitative estimate of drug-likeness (QED) is 0.353. The molecule has 1 amide bonds. The highest BCUT2D eigenvalue weighted by Gasteiger charge is 2.22. The minimum absolute atomic E-state index is 0.00330. The van der Waals surface area contributed by atoms with Crippen molar-refractivity contribution in [2.24, 2.45) is 5.92 Å². The lowest BCUT2D eigenvalue weighted by Crippen LogP contribution is -2.31. The van der Waals surface area contributed by atoms with Crippen LogP contribution in [0.1, 0.15) is 47.6 Å². The van der Waals surface area contributed by atoms with Crippen molar-refractivity contribution < 1.29 is 19.1 Å². The smallest absolute Gasteiger partial charge is 0.279 e. The third kappa shape index (κ3) is 7.63. The summed E-state index contributed by atoms with van der Waals surface area (Å²) >= 11 is 7.72. The van der Waals surface area contributed by atoms with Crippen molar-refractivity contribution in [2.75, 3.05) is 6.61 Å². The van der Waals surface area contributed by atoms with Gasteiger partial charge in [-0.1, -0.05) is 29.0 Å². The molecule has 0 radical (unpaired) electrons. The van der Waals surface area contributed by atoms with Crippen molar-refractivity contribution in [3.8, 4) is 16.7 Å². The number of Topliss-reactive ketones (excluding diaryl/α,β-unsaturated/α-hetero) is 1. The van der Waals surface area contributed by atoms with E-state index >= 15 is 0 Å². The van der Waals surface area contributed by atoms with E-state index in [0.717, 1.165) is 17.2 Å². The molecule has 0 saturated heterocycles. The average molecular weight is 512 g/mol. The zero-order valence-corrected chi connectivity index (χ0v) is 21.1. The van der Waals surface area contributed by atoms with Crippen molar-refractivity contribution in [2.45, 2.75) is 39.2 Å². The fourth-order valence-electron chi connectivity index (χ4n) is 3.19. The van der Waals surface area contributed by atoms with Crippen LogP contribution in [0.3, 0.4) is 0 Å². The molecule has 7 nitrogen and oxygen atoms in total. The number of pyridine rings is 1. The van der Waals surface area contributed by atoms with E-state index in [1.165, 1.54) is 37.3 Å². The molecule has 182 valence electrons. The van der Waals surface area contributed by atoms with E-state index in [-0.39, 0.29) is 24.2 Å². The maximum Gasteiger partial charge on any atom is 0.279 e. The van der Waals surface area contributed by atoms with E-state index in [2.05, 4.69) is 15.3 Å². The van der Waals surface area contributed by atoms with Crippen LogP contribution in [-0.2, 0) is 11.2 Å². The predicted octanol–water partition coefficient (Wildman–Crippen LogP) is 5.74. The molecule has 3 aromatic rings. The van der Waals surface area contributed by atoms with Gasteiger partial charge in [0.25, 0.3) is 11.1 Å². The van der Waals surface area contributed by atoms with E-state index in [1.54, 1.807) is 30.5 Å². The van der Waals surface area contributed by atoms with Crippen molar-refractivity contribution in [1.82, 2.24) is 15.3 Å². The minimum Gasteiger partial charge on any atom is -0.493 e. The summed E-state index contributed by atoms with van der Waals surface area (Å²) < 4.78 is 11.6. The number of hydrogen-bond donors (Lipinski definition) is 1. The lowest BCUT2D eigenvalue weighted by molar-refractivity contribution is -0.116. The van der Waals surface area contributed by atoms with Crippen LogP contribution < -0.4 is 14.8 Å². The van der Waals surface area contributed by atoms with Crippen LogP contribution in [0.4, 0.5) is 0 Å². The molecule has 1 aromatic carbocycles. The van der Waals surface area contributed by atoms with Gasteiger partial charge in [0, 0.05) is 42.2 Å². The summed E-state index contributed by atoms with van der Waals surface area (Å²) in [4.78, 5) is 33.1. The molecule has 1 atom stereocenters. The predicted molar refractivity (Wildman–Crippen MR) is 136 cm³/mol. The van der Waals surface area contributed by atoms with Gasteiger partial charge in [-0.05, 0) is 62.9 Å². The Labute approximate surface area is 213 Å². The highest BCUT2D eigenvalue weighted by atomic mass is 35.5. The number of rotatable bonds is 11. The molecular weight excluding hydrogens is 486 g/mol. The van der Waals surface area contributed by atoms with Crippen molar-refractivity contribution >= 4 is 40.7 Å². The number of halogens is 1. The summed E-state index contributed by atoms with van der Waals surface area (Å²) in [7, 11) is 0. The molecule has 0 spiro atoms. The number of ether oxygens (including phenoxy) is 2. The summed E-state index contributed by atoms with van der Waals surface area (Å²) in [6.07, 6.45) is 9.64. The Kier molecular flexibility index (Phi) is 8.15. The van der Waals surface area contributed by atoms with Gasteiger partial charge in [0.2, 0.25) is 0 Å². The molecule has 2 heterocycles. The number of nitrogens with one attached hydrogen (secondary N) is 1. The Balaban J connectivity index is 1.30. The van der Waals surface area contributed by atoms with Gasteiger partial charge in [0.05, 0.1) is 16.5 Å². The number of carbonyl (C=O) groups excluding carboxylic acids is 2. The molecule has 1 N–H and O–H groups in total. The number of amides is 1. The Morgan fingerprint density at radius 2 is 2.09 bits per heavy atom. The summed E-state index contributed by atoms with van der Waals surface area (Å²) in [5.74, 6) is 1.68. The molecular formula is C26H26ClN3O4S. The molecule has 1 saturated carbocycles. The molecule has 4 rings (SSSR count). The molecule has 0 bridgehead atoms. The second-order valence-corrected chi connectivity index (χ2v) is 9.95. The van der Waals surface area contributed by atoms with Gasteiger partial charge in [-0.25, -0.2) is 4.98 Å². The van der Waals surface area contributed by atoms with Gasteiger partial charge in [0.15, 0.2) is 0 Å². The molecule has 0 aliphatic heterocycles. The zero-order chi connectivity index (χ0) is 24.8. The summed E-state index contributed by atoms with van der Waals surface area (Å²) in [6.45, 7) is 4.09. The topological polar surface area (TPSA) is 90.4 Å². The first-order valence-electron chi connectivity index (χ1n) is 11.3. The molecule has 1 aliphatic rings. The van der Waals surface area contributed by atoms with E-state index in [4.69, 9.17) is 21.1 Å². The van der Waals surface area contributed by atoms with Gasteiger partial charge < -0.3 is 14.8 Å². The first-order valence-corrected chi connectivity index (χ1v) is 12.5. The van der Waals surface area contributed by atoms with Crippen LogP contribution in [0.2, 0.25) is 5.02 Å². The maximum atomic E-state index is 12.5. The van der Waals surface area contributed by atoms with E-state index in [1.807, 2.05) is 25.1 Å². The Hall–Kier alpha value is -3.23. The standard InChI is InChI=1S/C26H26ClN3O4S/c1-16(30-25(32)19-9-10-28-20(12-19)11-17(2)31)3-7-22-14-29-26(35-22)34-24-8-6-21(13-23(24)27)33-15-18-4-5-18/h3,6-10,12-14,16,18H,4-5,11,15H2,1-2H3,(H,30,32)/b7-3+/t16-/m0/s1. The van der Waals surface area contributed by atoms with Crippen LogP contribution >= 0.6 is 22.9 Å². The fraction of sp³-hybridized carbons (Fsp3) is 0.308. The molecule has 1 fully saturated rings. The number of carbonyl (C=O) groups is 2. The Morgan fingerprint density at radius 3 is 2.83 bits per heavy atom. The van der Waals surface area contributed by atoms with Crippen LogP contribution in [0.15, 0.2) is 48.8 Å². The molecule has 35 heavy (non-hydrogen) atoms. The Morgan fingerprint density at radius 1 is 1.26 bits per heavy atom. The summed E-state index contributed by atoms with van der Waals surface area (Å²) in [5, 5.41) is 3.84. The van der Waals surface area contributed by atoms with Crippen LogP contribution in [-0.4, -0.2) is 34.3 Å². The van der Waals surface area contributed by atoms with Crippen LogP contribution in [0.5, 0.6) is 16.7 Å². The van der Waals surface area contributed by atoms with Gasteiger partial charge in [-0.3, -0.25) is 14.6 Å². The molecule has 2 aromatic heterocycles. The van der Waals surface area contributed by atoms with E-state index in [9.17, 15) is 9.59 Å². The fourth-order valence-corrected chi connectivity index (χ4v) is 4.09. The van der Waals surface area contributed by atoms with Gasteiger partial charge in [-0.15, -0.1) is 0 Å². The summed E-state index contributed by atoms with van der Waals surface area (Å²) in [5.41, 5.74) is 1.04. The number of benzene rings is 1. The lowest BCUT2D eigenvalue weighted by atomic mass is 10.1. The molecule has 0 unspecified atom stereocenters. The maximum absolute atomic E-state index is 12.5. The van der Waals surface area contributed by atoms with Crippen LogP contribution in [0, 0.1) is 5.92 Å². The second kappa shape index (κ2) is 11.5. The second-order valence-electron chi connectivity index (χ2n) is 8.51. The SMILES string of the molecule is CC(=O)Cc1cc(C(=O)N[C@@H](C)/C=C/c2cnc(Oc3ccc(OCC4CC4)cc3Cl)s2)ccn1. The third-order valence-electron chi connectivity index (χ3n) is 5.20. The number of thiazole rings is 1. The molecule has 9 heteroatoms. The van der Waals surface area contributed by atoms with Crippen molar-refractivity contribution in [1.29, 1.82) is 0 Å². The van der Waals surface area contributed by atoms with Gasteiger partial charge in [-0.2, -0.15) is 0 Å². The van der Waals surface area contributed by atoms with Crippen molar-refractivity contribution in [3.63, 3.8) is 0 Å². The number of aromatic nitrogens is 2. The number of nitrogens with zero attached hydrogens (tertiary/aromatic N) is 2. The minimum atomic E-state index is -0.234. The average Bonchev–Trinajstić information content (AvgIpc) is 3.55. The number of hydrogen-bond acceptors (Lipinski definition) is 7. The van der Waals surface area contributed by atoms with Gasteiger partial charge in [0.1, 0.15) is 17.3 Å². The monoisotopic (exact) mass is 511 g/mol. The normalized spacial score (nSPS) is 14.0. The zero-order valence-electron chi connectivity index (χ0n) is 19.5. The lowest BCUT2D eigenvalue weighted by Gasteiger charge is -2.10. The highest BCUT2D eigenvalue weighted by molar-refractivity contribution is 7.14. The first-order chi connectivity index (χ1) is 16.9. The van der Waals surface area contributed by atoms with Crippen molar-refractivity contribution in [3.05, 3.63) is 70.0 Å². The van der Waals surface area contributed by atoms with E-state index in [0.29, 0.717) is 33.1 Å². The van der Waals surface area contributed by atoms with Crippen LogP contribution in [0.25, 0.3) is 6.08 Å². The number of ketones is 1. The summed E-state index contributed by atoms with van der Waals surface area (Å²) in [6, 6.07) is 8.41. The third-order valence-corrected chi connectivity index (χ3v) is 6.34. The van der Waals surface area contributed by atoms with Gasteiger partial charge >= 0.3 is 0 Å².